The summed E-state index contributed by atoms with van der Waals surface area (Å²) in [6.07, 6.45) is 8.42. The minimum Gasteiger partial charge on any atom is -0.423 e. The van der Waals surface area contributed by atoms with E-state index in [1.54, 1.807) is 24.3 Å². The summed E-state index contributed by atoms with van der Waals surface area (Å²) < 4.78 is 5.26. The molecule has 2 aromatic rings. The van der Waals surface area contributed by atoms with Crippen LogP contribution in [0.4, 0.5) is 0 Å². The molecule has 2 heteroatoms. The van der Waals surface area contributed by atoms with E-state index in [0.717, 1.165) is 11.1 Å². The van der Waals surface area contributed by atoms with Crippen molar-refractivity contribution in [2.45, 2.75) is 0 Å². The first-order chi connectivity index (χ1) is 10.3. The Morgan fingerprint density at radius 2 is 1.67 bits per heavy atom. The van der Waals surface area contributed by atoms with Crippen LogP contribution in [0.3, 0.4) is 0 Å². The summed E-state index contributed by atoms with van der Waals surface area (Å²) in [5.41, 5.74) is 1.87. The van der Waals surface area contributed by atoms with E-state index < -0.39 is 5.97 Å². The molecular formula is C19H16O2. The van der Waals surface area contributed by atoms with Crippen molar-refractivity contribution in [1.29, 1.82) is 0 Å². The standard InChI is InChI=1S/C19H16O2/c1-2-17-13-7-8-14-18(17)21-19(20)15-9-6-12-16-10-4-3-5-11-16/h2-15H,1H2/b12-6+,15-9+. The molecule has 2 nitrogen and oxygen atoms in total. The van der Waals surface area contributed by atoms with Gasteiger partial charge in [-0.15, -0.1) is 0 Å². The zero-order chi connectivity index (χ0) is 14.9. The second kappa shape index (κ2) is 7.65. The van der Waals surface area contributed by atoms with Gasteiger partial charge in [-0.25, -0.2) is 4.79 Å². The zero-order valence-electron chi connectivity index (χ0n) is 11.6. The molecule has 0 spiro atoms. The number of allylic oxidation sites excluding steroid dienone is 2. The van der Waals surface area contributed by atoms with Gasteiger partial charge in [0.2, 0.25) is 0 Å². The van der Waals surface area contributed by atoms with Crippen LogP contribution in [0, 0.1) is 0 Å². The molecule has 21 heavy (non-hydrogen) atoms. The third-order valence-corrected chi connectivity index (χ3v) is 2.78. The summed E-state index contributed by atoms with van der Waals surface area (Å²) in [4.78, 5) is 11.7. The maximum absolute atomic E-state index is 11.7. The summed E-state index contributed by atoms with van der Waals surface area (Å²) in [5.74, 6) is 0.0937. The van der Waals surface area contributed by atoms with Crippen LogP contribution >= 0.6 is 0 Å². The van der Waals surface area contributed by atoms with Crippen LogP contribution in [0.1, 0.15) is 11.1 Å². The summed E-state index contributed by atoms with van der Waals surface area (Å²) in [6.45, 7) is 3.69. The largest absolute Gasteiger partial charge is 0.423 e. The summed E-state index contributed by atoms with van der Waals surface area (Å²) in [7, 11) is 0. The molecule has 0 radical (unpaired) electrons. The van der Waals surface area contributed by atoms with Crippen molar-refractivity contribution in [1.82, 2.24) is 0 Å². The van der Waals surface area contributed by atoms with Crippen LogP contribution in [0.25, 0.3) is 12.2 Å². The maximum atomic E-state index is 11.7. The molecule has 0 N–H and O–H groups in total. The van der Waals surface area contributed by atoms with Crippen molar-refractivity contribution in [2.24, 2.45) is 0 Å². The van der Waals surface area contributed by atoms with Gasteiger partial charge in [-0.1, -0.05) is 79.4 Å². The molecule has 0 amide bonds. The SMILES string of the molecule is C=Cc1ccccc1OC(=O)/C=C/C=C/c1ccccc1. The third kappa shape index (κ3) is 4.62. The van der Waals surface area contributed by atoms with Gasteiger partial charge < -0.3 is 4.74 Å². The van der Waals surface area contributed by atoms with Crippen LogP contribution < -0.4 is 4.74 Å². The van der Waals surface area contributed by atoms with E-state index in [1.807, 2.05) is 54.6 Å². The predicted octanol–water partition coefficient (Wildman–Crippen LogP) is 4.50. The topological polar surface area (TPSA) is 26.3 Å². The molecule has 104 valence electrons. The molecule has 0 aliphatic rings. The molecule has 0 aromatic heterocycles. The van der Waals surface area contributed by atoms with Crippen LogP contribution in [-0.4, -0.2) is 5.97 Å². The van der Waals surface area contributed by atoms with Crippen molar-refractivity contribution in [3.8, 4) is 5.75 Å². The average molecular weight is 276 g/mol. The minimum atomic E-state index is -0.415. The van der Waals surface area contributed by atoms with Crippen LogP contribution in [0.5, 0.6) is 5.75 Å². The van der Waals surface area contributed by atoms with Crippen molar-refractivity contribution < 1.29 is 9.53 Å². The molecule has 0 aliphatic heterocycles. The van der Waals surface area contributed by atoms with Crippen LogP contribution in [-0.2, 0) is 4.79 Å². The number of para-hydroxylation sites is 1. The van der Waals surface area contributed by atoms with E-state index >= 15 is 0 Å². The molecular weight excluding hydrogens is 260 g/mol. The number of hydrogen-bond donors (Lipinski definition) is 0. The van der Waals surface area contributed by atoms with E-state index in [0.29, 0.717) is 5.75 Å². The highest BCUT2D eigenvalue weighted by Gasteiger charge is 2.03. The fourth-order valence-electron chi connectivity index (χ4n) is 1.75. The van der Waals surface area contributed by atoms with Gasteiger partial charge in [0.05, 0.1) is 0 Å². The first kappa shape index (κ1) is 14.5. The Balaban J connectivity index is 1.94. The normalized spacial score (nSPS) is 10.9. The molecule has 2 rings (SSSR count). The van der Waals surface area contributed by atoms with E-state index in [9.17, 15) is 4.79 Å². The molecule has 0 heterocycles. The Kier molecular flexibility index (Phi) is 5.30. The molecule has 0 aliphatic carbocycles. The number of hydrogen-bond acceptors (Lipinski definition) is 2. The van der Waals surface area contributed by atoms with E-state index in [2.05, 4.69) is 6.58 Å². The Morgan fingerprint density at radius 3 is 2.43 bits per heavy atom. The van der Waals surface area contributed by atoms with Crippen molar-refractivity contribution >= 4 is 18.1 Å². The molecule has 2 aromatic carbocycles. The van der Waals surface area contributed by atoms with E-state index in [-0.39, 0.29) is 0 Å². The first-order valence-corrected chi connectivity index (χ1v) is 6.62. The highest BCUT2D eigenvalue weighted by Crippen LogP contribution is 2.18. The molecule has 0 unspecified atom stereocenters. The fraction of sp³-hybridized carbons (Fsp3) is 0. The number of rotatable bonds is 5. The number of ether oxygens (including phenoxy) is 1. The van der Waals surface area contributed by atoms with E-state index in [4.69, 9.17) is 4.74 Å². The molecule has 0 fully saturated rings. The Bertz CT molecular complexity index is 667. The Morgan fingerprint density at radius 1 is 0.952 bits per heavy atom. The lowest BCUT2D eigenvalue weighted by molar-refractivity contribution is -0.129. The van der Waals surface area contributed by atoms with Crippen molar-refractivity contribution in [3.63, 3.8) is 0 Å². The monoisotopic (exact) mass is 276 g/mol. The van der Waals surface area contributed by atoms with Crippen molar-refractivity contribution in [3.05, 3.63) is 90.5 Å². The van der Waals surface area contributed by atoms with Gasteiger partial charge in [-0.2, -0.15) is 0 Å². The number of esters is 1. The molecule has 0 saturated carbocycles. The van der Waals surface area contributed by atoms with Gasteiger partial charge in [0.1, 0.15) is 5.75 Å². The fourth-order valence-corrected chi connectivity index (χ4v) is 1.75. The number of carbonyl (C=O) groups is 1. The van der Waals surface area contributed by atoms with Gasteiger partial charge in [0, 0.05) is 11.6 Å². The van der Waals surface area contributed by atoms with Gasteiger partial charge in [0.15, 0.2) is 0 Å². The third-order valence-electron chi connectivity index (χ3n) is 2.78. The Hall–Kier alpha value is -2.87. The van der Waals surface area contributed by atoms with Gasteiger partial charge in [-0.3, -0.25) is 0 Å². The lowest BCUT2D eigenvalue weighted by Crippen LogP contribution is -2.04. The number of carbonyl (C=O) groups excluding carboxylic acids is 1. The number of benzene rings is 2. The summed E-state index contributed by atoms with van der Waals surface area (Å²) in [6, 6.07) is 17.1. The quantitative estimate of drug-likeness (QED) is 0.348. The molecule has 0 saturated heterocycles. The van der Waals surface area contributed by atoms with Crippen molar-refractivity contribution in [2.75, 3.05) is 0 Å². The smallest absolute Gasteiger partial charge is 0.336 e. The van der Waals surface area contributed by atoms with Crippen LogP contribution in [0.15, 0.2) is 79.4 Å². The van der Waals surface area contributed by atoms with E-state index in [1.165, 1.54) is 6.08 Å². The van der Waals surface area contributed by atoms with Gasteiger partial charge in [-0.05, 0) is 11.6 Å². The molecule has 0 atom stereocenters. The lowest BCUT2D eigenvalue weighted by Gasteiger charge is -2.04. The van der Waals surface area contributed by atoms with Gasteiger partial charge in [0.25, 0.3) is 0 Å². The summed E-state index contributed by atoms with van der Waals surface area (Å²) in [5, 5.41) is 0. The second-order valence-electron chi connectivity index (χ2n) is 4.29. The average Bonchev–Trinajstić information content (AvgIpc) is 2.53. The maximum Gasteiger partial charge on any atom is 0.336 e. The highest BCUT2D eigenvalue weighted by molar-refractivity contribution is 5.85. The van der Waals surface area contributed by atoms with Gasteiger partial charge >= 0.3 is 5.97 Å². The molecule has 0 bridgehead atoms. The lowest BCUT2D eigenvalue weighted by atomic mass is 10.2. The van der Waals surface area contributed by atoms with Crippen LogP contribution in [0.2, 0.25) is 0 Å². The highest BCUT2D eigenvalue weighted by atomic mass is 16.5. The summed E-state index contributed by atoms with van der Waals surface area (Å²) >= 11 is 0. The minimum absolute atomic E-state index is 0.415. The Labute approximate surface area is 124 Å². The zero-order valence-corrected chi connectivity index (χ0v) is 11.6. The predicted molar refractivity (Wildman–Crippen MR) is 86.8 cm³/mol. The first-order valence-electron chi connectivity index (χ1n) is 6.62. The second-order valence-corrected chi connectivity index (χ2v) is 4.29.